The highest BCUT2D eigenvalue weighted by molar-refractivity contribution is 6.44. The number of hydrogen-bond donors (Lipinski definition) is 1. The van der Waals surface area contributed by atoms with Gasteiger partial charge in [-0.3, -0.25) is 0 Å². The number of benzene rings is 2. The summed E-state index contributed by atoms with van der Waals surface area (Å²) in [6.45, 7) is 2.49. The first-order valence-electron chi connectivity index (χ1n) is 6.21. The van der Waals surface area contributed by atoms with E-state index in [-0.39, 0.29) is 6.04 Å². The quantitative estimate of drug-likeness (QED) is 0.572. The van der Waals surface area contributed by atoms with Gasteiger partial charge in [0.15, 0.2) is 0 Å². The second-order valence-corrected chi connectivity index (χ2v) is 6.63. The summed E-state index contributed by atoms with van der Waals surface area (Å²) in [5.41, 5.74) is 1.72. The Hall–Kier alpha value is -0.150. The Bertz CT molecular complexity index is 657. The van der Waals surface area contributed by atoms with E-state index in [9.17, 15) is 0 Å². The summed E-state index contributed by atoms with van der Waals surface area (Å²) in [5.74, 6) is 0. The molecule has 0 aliphatic rings. The molecule has 0 radical (unpaired) electrons. The van der Waals surface area contributed by atoms with E-state index < -0.39 is 0 Å². The summed E-state index contributed by atoms with van der Waals surface area (Å²) >= 11 is 30.4. The maximum absolute atomic E-state index is 6.20. The van der Waals surface area contributed by atoms with Crippen molar-refractivity contribution in [1.82, 2.24) is 5.32 Å². The maximum Gasteiger partial charge on any atom is 0.0652 e. The highest BCUT2D eigenvalue weighted by atomic mass is 35.5. The van der Waals surface area contributed by atoms with Crippen LogP contribution < -0.4 is 5.32 Å². The van der Waals surface area contributed by atoms with Crippen molar-refractivity contribution < 1.29 is 0 Å². The minimum atomic E-state index is 0.0147. The van der Waals surface area contributed by atoms with E-state index >= 15 is 0 Å². The third-order valence-electron chi connectivity index (χ3n) is 3.15. The molecule has 1 atom stereocenters. The fourth-order valence-electron chi connectivity index (χ4n) is 1.95. The second-order valence-electron chi connectivity index (χ2n) is 4.59. The Morgan fingerprint density at radius 2 is 1.57 bits per heavy atom. The van der Waals surface area contributed by atoms with Crippen molar-refractivity contribution in [2.24, 2.45) is 0 Å². The van der Waals surface area contributed by atoms with Crippen LogP contribution in [-0.4, -0.2) is 0 Å². The van der Waals surface area contributed by atoms with Crippen LogP contribution in [0.3, 0.4) is 0 Å². The summed E-state index contributed by atoms with van der Waals surface area (Å²) in [5, 5.41) is 6.07. The highest BCUT2D eigenvalue weighted by Crippen LogP contribution is 2.32. The summed E-state index contributed by atoms with van der Waals surface area (Å²) in [6, 6.07) is 8.84. The zero-order chi connectivity index (χ0) is 15.6. The van der Waals surface area contributed by atoms with Gasteiger partial charge in [-0.05, 0) is 36.8 Å². The summed E-state index contributed by atoms with van der Waals surface area (Å²) in [7, 11) is 0. The fourth-order valence-corrected chi connectivity index (χ4v) is 3.20. The lowest BCUT2D eigenvalue weighted by Crippen LogP contribution is -2.19. The van der Waals surface area contributed by atoms with Crippen LogP contribution in [0, 0.1) is 0 Å². The van der Waals surface area contributed by atoms with Crippen molar-refractivity contribution in [3.8, 4) is 0 Å². The van der Waals surface area contributed by atoms with E-state index in [0.29, 0.717) is 31.7 Å². The molecule has 0 heterocycles. The molecule has 2 aromatic rings. The zero-order valence-electron chi connectivity index (χ0n) is 11.1. The van der Waals surface area contributed by atoms with Gasteiger partial charge in [-0.2, -0.15) is 0 Å². The smallest absolute Gasteiger partial charge is 0.0652 e. The zero-order valence-corrected chi connectivity index (χ0v) is 14.8. The molecule has 0 aliphatic carbocycles. The lowest BCUT2D eigenvalue weighted by Gasteiger charge is -2.17. The average molecular weight is 384 g/mol. The van der Waals surface area contributed by atoms with Crippen molar-refractivity contribution >= 4 is 58.0 Å². The number of rotatable bonds is 4. The van der Waals surface area contributed by atoms with E-state index in [1.165, 1.54) is 0 Å². The van der Waals surface area contributed by atoms with Crippen LogP contribution in [0.4, 0.5) is 0 Å². The number of hydrogen-bond acceptors (Lipinski definition) is 1. The summed E-state index contributed by atoms with van der Waals surface area (Å²) in [4.78, 5) is 0. The van der Waals surface area contributed by atoms with Gasteiger partial charge in [0.2, 0.25) is 0 Å². The first-order valence-corrected chi connectivity index (χ1v) is 8.10. The average Bonchev–Trinajstić information content (AvgIpc) is 2.43. The first kappa shape index (κ1) is 17.2. The van der Waals surface area contributed by atoms with Gasteiger partial charge in [0.1, 0.15) is 0 Å². The summed E-state index contributed by atoms with van der Waals surface area (Å²) in [6.07, 6.45) is 0. The van der Waals surface area contributed by atoms with Crippen molar-refractivity contribution in [3.63, 3.8) is 0 Å². The van der Waals surface area contributed by atoms with Crippen LogP contribution in [0.15, 0.2) is 30.3 Å². The molecule has 1 unspecified atom stereocenters. The molecule has 0 aliphatic heterocycles. The monoisotopic (exact) mass is 381 g/mol. The molecule has 112 valence electrons. The van der Waals surface area contributed by atoms with Crippen molar-refractivity contribution in [2.75, 3.05) is 0 Å². The molecule has 0 amide bonds. The molecule has 1 nitrogen and oxygen atoms in total. The number of halogens is 5. The third-order valence-corrected chi connectivity index (χ3v) is 4.91. The topological polar surface area (TPSA) is 12.0 Å². The fraction of sp³-hybridized carbons (Fsp3) is 0.200. The molecular weight excluding hydrogens is 371 g/mol. The number of nitrogens with one attached hydrogen (secondary N) is 1. The van der Waals surface area contributed by atoms with Gasteiger partial charge in [0.25, 0.3) is 0 Å². The van der Waals surface area contributed by atoms with E-state index in [2.05, 4.69) is 5.32 Å². The molecule has 2 aromatic carbocycles. The Balaban J connectivity index is 2.15. The molecule has 0 bridgehead atoms. The van der Waals surface area contributed by atoms with Gasteiger partial charge < -0.3 is 5.32 Å². The standard InChI is InChI=1S/C15H12Cl5N/c1-8(10-3-2-9(16)6-14(10)19)21-7-11-12(17)4-5-13(18)15(11)20/h2-6,8,21H,7H2,1H3. The molecule has 1 N–H and O–H groups in total. The normalized spacial score (nSPS) is 12.5. The second kappa shape index (κ2) is 7.41. The van der Waals surface area contributed by atoms with Gasteiger partial charge >= 0.3 is 0 Å². The molecule has 2 rings (SSSR count). The molecule has 0 aromatic heterocycles. The van der Waals surface area contributed by atoms with Gasteiger partial charge in [-0.1, -0.05) is 64.1 Å². The van der Waals surface area contributed by atoms with Gasteiger partial charge in [0, 0.05) is 33.2 Å². The van der Waals surface area contributed by atoms with Crippen molar-refractivity contribution in [3.05, 3.63) is 66.6 Å². The maximum atomic E-state index is 6.20. The van der Waals surface area contributed by atoms with E-state index in [1.807, 2.05) is 13.0 Å². The Kier molecular flexibility index (Phi) is 6.07. The van der Waals surface area contributed by atoms with Crippen LogP contribution in [0.1, 0.15) is 24.1 Å². The summed E-state index contributed by atoms with van der Waals surface area (Å²) < 4.78 is 0. The Morgan fingerprint density at radius 1 is 0.905 bits per heavy atom. The Morgan fingerprint density at radius 3 is 2.24 bits per heavy atom. The molecular formula is C15H12Cl5N. The first-order chi connectivity index (χ1) is 9.90. The lowest BCUT2D eigenvalue weighted by molar-refractivity contribution is 0.575. The molecule has 0 fully saturated rings. The molecule has 0 saturated carbocycles. The van der Waals surface area contributed by atoms with Gasteiger partial charge in [0.05, 0.1) is 10.0 Å². The minimum absolute atomic E-state index is 0.0147. The van der Waals surface area contributed by atoms with Gasteiger partial charge in [-0.25, -0.2) is 0 Å². The third kappa shape index (κ3) is 4.19. The van der Waals surface area contributed by atoms with Crippen molar-refractivity contribution in [1.29, 1.82) is 0 Å². The molecule has 0 spiro atoms. The SMILES string of the molecule is CC(NCc1c(Cl)ccc(Cl)c1Cl)c1ccc(Cl)cc1Cl. The van der Waals surface area contributed by atoms with E-state index in [1.54, 1.807) is 24.3 Å². The van der Waals surface area contributed by atoms with Crippen LogP contribution >= 0.6 is 58.0 Å². The molecule has 21 heavy (non-hydrogen) atoms. The highest BCUT2D eigenvalue weighted by Gasteiger charge is 2.13. The van der Waals surface area contributed by atoms with Gasteiger partial charge in [-0.15, -0.1) is 0 Å². The van der Waals surface area contributed by atoms with E-state index in [0.717, 1.165) is 11.1 Å². The van der Waals surface area contributed by atoms with Crippen LogP contribution in [0.2, 0.25) is 25.1 Å². The largest absolute Gasteiger partial charge is 0.306 e. The minimum Gasteiger partial charge on any atom is -0.306 e. The molecule has 0 saturated heterocycles. The van der Waals surface area contributed by atoms with Crippen molar-refractivity contribution in [2.45, 2.75) is 19.5 Å². The van der Waals surface area contributed by atoms with Crippen LogP contribution in [0.25, 0.3) is 0 Å². The molecule has 6 heteroatoms. The van der Waals surface area contributed by atoms with Crippen LogP contribution in [-0.2, 0) is 6.54 Å². The van der Waals surface area contributed by atoms with Crippen LogP contribution in [0.5, 0.6) is 0 Å². The van der Waals surface area contributed by atoms with E-state index in [4.69, 9.17) is 58.0 Å². The lowest BCUT2D eigenvalue weighted by atomic mass is 10.1. The predicted octanol–water partition coefficient (Wildman–Crippen LogP) is 6.80. The predicted molar refractivity (Wildman–Crippen MR) is 93.2 cm³/mol. The Labute approximate surface area is 149 Å².